The van der Waals surface area contributed by atoms with Crippen molar-refractivity contribution in [2.75, 3.05) is 5.32 Å². The zero-order valence-electron chi connectivity index (χ0n) is 14.0. The fourth-order valence-corrected chi connectivity index (χ4v) is 3.09. The van der Waals surface area contributed by atoms with Gasteiger partial charge in [-0.15, -0.1) is 11.3 Å². The molecule has 0 bridgehead atoms. The van der Waals surface area contributed by atoms with Crippen LogP contribution in [0.2, 0.25) is 0 Å². The van der Waals surface area contributed by atoms with Gasteiger partial charge in [0.15, 0.2) is 0 Å². The summed E-state index contributed by atoms with van der Waals surface area (Å²) in [6.07, 6.45) is 0. The summed E-state index contributed by atoms with van der Waals surface area (Å²) in [6, 6.07) is 12.6. The number of hydrogen-bond donors (Lipinski definition) is 2. The highest BCUT2D eigenvalue weighted by Crippen LogP contribution is 2.15. The van der Waals surface area contributed by atoms with E-state index >= 15 is 0 Å². The smallest absolute Gasteiger partial charge is 0.263 e. The van der Waals surface area contributed by atoms with Crippen LogP contribution in [0, 0.1) is 12.7 Å². The third-order valence-corrected chi connectivity index (χ3v) is 4.60. The fraction of sp³-hybridized carbons (Fsp3) is 0.105. The first-order valence-corrected chi connectivity index (χ1v) is 8.75. The lowest BCUT2D eigenvalue weighted by atomic mass is 10.1. The van der Waals surface area contributed by atoms with E-state index in [-0.39, 0.29) is 11.5 Å². The van der Waals surface area contributed by atoms with E-state index in [1.165, 1.54) is 29.5 Å². The van der Waals surface area contributed by atoms with Gasteiger partial charge in [-0.25, -0.2) is 9.37 Å². The predicted molar refractivity (Wildman–Crippen MR) is 98.8 cm³/mol. The van der Waals surface area contributed by atoms with Gasteiger partial charge in [-0.1, -0.05) is 18.2 Å². The zero-order valence-corrected chi connectivity index (χ0v) is 14.8. The summed E-state index contributed by atoms with van der Waals surface area (Å²) in [5, 5.41) is 5.55. The van der Waals surface area contributed by atoms with Crippen LogP contribution in [0.15, 0.2) is 54.0 Å². The van der Waals surface area contributed by atoms with Gasteiger partial charge in [0.05, 0.1) is 11.2 Å². The Morgan fingerprint density at radius 1 is 1.12 bits per heavy atom. The molecule has 0 radical (unpaired) electrons. The molecule has 0 aliphatic rings. The molecule has 0 unspecified atom stereocenters. The van der Waals surface area contributed by atoms with Crippen LogP contribution < -0.4 is 10.6 Å². The number of aromatic nitrogens is 1. The summed E-state index contributed by atoms with van der Waals surface area (Å²) < 4.78 is 13.2. The molecular weight excluding hydrogens is 353 g/mol. The largest absolute Gasteiger partial charge is 0.347 e. The van der Waals surface area contributed by atoms with Crippen LogP contribution in [0.3, 0.4) is 0 Å². The summed E-state index contributed by atoms with van der Waals surface area (Å²) in [7, 11) is 0. The van der Waals surface area contributed by atoms with Crippen LogP contribution in [0.1, 0.15) is 31.3 Å². The summed E-state index contributed by atoms with van der Waals surface area (Å²) >= 11 is 1.29. The highest BCUT2D eigenvalue weighted by molar-refractivity contribution is 7.11. The van der Waals surface area contributed by atoms with Gasteiger partial charge in [0.2, 0.25) is 0 Å². The number of nitrogens with one attached hydrogen (secondary N) is 2. The monoisotopic (exact) mass is 369 g/mol. The molecular formula is C19H16FN3O2S. The average Bonchev–Trinajstić information content (AvgIpc) is 3.06. The van der Waals surface area contributed by atoms with Crippen LogP contribution in [-0.2, 0) is 6.54 Å². The topological polar surface area (TPSA) is 71.1 Å². The molecule has 2 amide bonds. The van der Waals surface area contributed by atoms with Crippen molar-refractivity contribution in [3.63, 3.8) is 0 Å². The number of nitrogens with zero attached hydrogens (tertiary/aromatic N) is 1. The highest BCUT2D eigenvalue weighted by Gasteiger charge is 2.11. The Bertz CT molecular complexity index is 955. The van der Waals surface area contributed by atoms with Gasteiger partial charge >= 0.3 is 0 Å². The SMILES string of the molecule is Cc1ncsc1C(=O)NCc1cccc(NC(=O)c2cccc(F)c2)c1. The number of aryl methyl sites for hydroxylation is 1. The number of rotatable bonds is 5. The molecule has 3 rings (SSSR count). The molecule has 2 N–H and O–H groups in total. The van der Waals surface area contributed by atoms with Crippen LogP contribution in [0.5, 0.6) is 0 Å². The summed E-state index contributed by atoms with van der Waals surface area (Å²) in [6.45, 7) is 2.10. The van der Waals surface area contributed by atoms with E-state index < -0.39 is 11.7 Å². The maximum Gasteiger partial charge on any atom is 0.263 e. The van der Waals surface area contributed by atoms with Crippen LogP contribution in [-0.4, -0.2) is 16.8 Å². The number of carbonyl (C=O) groups is 2. The third kappa shape index (κ3) is 4.31. The normalized spacial score (nSPS) is 10.4. The molecule has 26 heavy (non-hydrogen) atoms. The van der Waals surface area contributed by atoms with Crippen LogP contribution in [0.25, 0.3) is 0 Å². The molecule has 132 valence electrons. The van der Waals surface area contributed by atoms with Crippen molar-refractivity contribution in [2.45, 2.75) is 13.5 Å². The third-order valence-electron chi connectivity index (χ3n) is 3.68. The van der Waals surface area contributed by atoms with Gasteiger partial charge < -0.3 is 10.6 Å². The van der Waals surface area contributed by atoms with Crippen molar-refractivity contribution in [3.8, 4) is 0 Å². The molecule has 0 aliphatic heterocycles. The number of thiazole rings is 1. The molecule has 0 saturated carbocycles. The first-order valence-electron chi connectivity index (χ1n) is 7.87. The zero-order chi connectivity index (χ0) is 18.5. The van der Waals surface area contributed by atoms with Crippen molar-refractivity contribution in [1.29, 1.82) is 0 Å². The Kier molecular flexibility index (Phi) is 5.38. The van der Waals surface area contributed by atoms with Gasteiger partial charge in [-0.05, 0) is 42.8 Å². The first-order chi connectivity index (χ1) is 12.5. The first kappa shape index (κ1) is 17.8. The molecule has 1 heterocycles. The standard InChI is InChI=1S/C19H16FN3O2S/c1-12-17(26-11-22-12)19(25)21-10-13-4-2-7-16(8-13)23-18(24)14-5-3-6-15(20)9-14/h2-9,11H,10H2,1H3,(H,21,25)(H,23,24). The maximum atomic E-state index is 13.2. The Hall–Kier alpha value is -3.06. The minimum atomic E-state index is -0.465. The Balaban J connectivity index is 1.64. The average molecular weight is 369 g/mol. The second kappa shape index (κ2) is 7.88. The number of hydrogen-bond acceptors (Lipinski definition) is 4. The van der Waals surface area contributed by atoms with E-state index in [0.717, 1.165) is 5.56 Å². The van der Waals surface area contributed by atoms with Crippen molar-refractivity contribution in [3.05, 3.63) is 81.6 Å². The Morgan fingerprint density at radius 3 is 2.65 bits per heavy atom. The summed E-state index contributed by atoms with van der Waals surface area (Å²) in [5.41, 5.74) is 3.97. The van der Waals surface area contributed by atoms with Crippen LogP contribution in [0.4, 0.5) is 10.1 Å². The fourth-order valence-electron chi connectivity index (χ4n) is 2.37. The number of amides is 2. The lowest BCUT2D eigenvalue weighted by Crippen LogP contribution is -2.22. The number of benzene rings is 2. The second-order valence-corrected chi connectivity index (χ2v) is 6.47. The molecule has 5 nitrogen and oxygen atoms in total. The van der Waals surface area contributed by atoms with E-state index in [2.05, 4.69) is 15.6 Å². The van der Waals surface area contributed by atoms with E-state index in [4.69, 9.17) is 0 Å². The Labute approximate surface area is 153 Å². The number of anilines is 1. The molecule has 3 aromatic rings. The van der Waals surface area contributed by atoms with Gasteiger partial charge in [-0.2, -0.15) is 0 Å². The number of halogens is 1. The molecule has 0 atom stereocenters. The van der Waals surface area contributed by atoms with E-state index in [0.29, 0.717) is 22.8 Å². The van der Waals surface area contributed by atoms with Gasteiger partial charge in [-0.3, -0.25) is 9.59 Å². The van der Waals surface area contributed by atoms with Crippen molar-refractivity contribution in [2.24, 2.45) is 0 Å². The lowest BCUT2D eigenvalue weighted by molar-refractivity contribution is 0.0953. The predicted octanol–water partition coefficient (Wildman–Crippen LogP) is 3.77. The summed E-state index contributed by atoms with van der Waals surface area (Å²) in [4.78, 5) is 29.0. The van der Waals surface area contributed by atoms with E-state index in [1.807, 2.05) is 6.07 Å². The van der Waals surface area contributed by atoms with Crippen molar-refractivity contribution >= 4 is 28.8 Å². The Morgan fingerprint density at radius 2 is 1.92 bits per heavy atom. The van der Waals surface area contributed by atoms with Crippen LogP contribution >= 0.6 is 11.3 Å². The van der Waals surface area contributed by atoms with Gasteiger partial charge in [0, 0.05) is 17.8 Å². The van der Waals surface area contributed by atoms with E-state index in [1.54, 1.807) is 36.7 Å². The minimum Gasteiger partial charge on any atom is -0.347 e. The van der Waals surface area contributed by atoms with Crippen molar-refractivity contribution < 1.29 is 14.0 Å². The molecule has 0 aliphatic carbocycles. The number of carbonyl (C=O) groups excluding carboxylic acids is 2. The van der Waals surface area contributed by atoms with Gasteiger partial charge in [0.25, 0.3) is 11.8 Å². The molecule has 1 aromatic heterocycles. The van der Waals surface area contributed by atoms with Crippen molar-refractivity contribution in [1.82, 2.24) is 10.3 Å². The lowest BCUT2D eigenvalue weighted by Gasteiger charge is -2.09. The quantitative estimate of drug-likeness (QED) is 0.719. The molecule has 0 spiro atoms. The molecule has 7 heteroatoms. The van der Waals surface area contributed by atoms with Gasteiger partial charge in [0.1, 0.15) is 10.7 Å². The molecule has 2 aromatic carbocycles. The minimum absolute atomic E-state index is 0.181. The summed E-state index contributed by atoms with van der Waals surface area (Å²) in [5.74, 6) is -1.04. The highest BCUT2D eigenvalue weighted by atomic mass is 32.1. The second-order valence-electron chi connectivity index (χ2n) is 5.61. The molecule has 0 fully saturated rings. The maximum absolute atomic E-state index is 13.2. The van der Waals surface area contributed by atoms with E-state index in [9.17, 15) is 14.0 Å². The molecule has 0 saturated heterocycles.